The summed E-state index contributed by atoms with van der Waals surface area (Å²) in [6.07, 6.45) is 2.24. The van der Waals surface area contributed by atoms with Gasteiger partial charge in [0.15, 0.2) is 0 Å². The van der Waals surface area contributed by atoms with Gasteiger partial charge in [-0.2, -0.15) is 0 Å². The third-order valence-electron chi connectivity index (χ3n) is 2.10. The maximum absolute atomic E-state index is 5.42. The van der Waals surface area contributed by atoms with Gasteiger partial charge >= 0.3 is 0 Å². The molecule has 0 radical (unpaired) electrons. The topological polar surface area (TPSA) is 38.0 Å². The van der Waals surface area contributed by atoms with E-state index >= 15 is 0 Å². The van der Waals surface area contributed by atoms with E-state index in [1.165, 1.54) is 12.0 Å². The van der Waals surface area contributed by atoms with Crippen LogP contribution in [-0.4, -0.2) is 19.6 Å². The van der Waals surface area contributed by atoms with Crippen molar-refractivity contribution in [3.63, 3.8) is 0 Å². The zero-order valence-corrected chi connectivity index (χ0v) is 6.40. The average molecular weight is 140 g/mol. The molecule has 0 aliphatic carbocycles. The van der Waals surface area contributed by atoms with Gasteiger partial charge in [-0.15, -0.1) is 0 Å². The van der Waals surface area contributed by atoms with Crippen molar-refractivity contribution in [3.05, 3.63) is 12.2 Å². The molecule has 1 heterocycles. The Labute approximate surface area is 62.5 Å². The zero-order chi connectivity index (χ0) is 7.40. The lowest BCUT2D eigenvalue weighted by atomic mass is 9.97. The van der Waals surface area contributed by atoms with Crippen molar-refractivity contribution in [1.29, 1.82) is 0 Å². The molecule has 58 valence electrons. The normalized spacial score (nSPS) is 25.1. The zero-order valence-electron chi connectivity index (χ0n) is 6.40. The van der Waals surface area contributed by atoms with Gasteiger partial charge in [-0.05, 0) is 31.8 Å². The minimum Gasteiger partial charge on any atom is -0.330 e. The Balaban J connectivity index is 2.25. The Morgan fingerprint density at radius 1 is 1.70 bits per heavy atom. The Kier molecular flexibility index (Phi) is 2.90. The van der Waals surface area contributed by atoms with Gasteiger partial charge in [-0.3, -0.25) is 0 Å². The second kappa shape index (κ2) is 3.74. The van der Waals surface area contributed by atoms with Gasteiger partial charge in [0.1, 0.15) is 0 Å². The fourth-order valence-corrected chi connectivity index (χ4v) is 1.39. The number of hydrogen-bond donors (Lipinski definition) is 2. The predicted molar refractivity (Wildman–Crippen MR) is 43.8 cm³/mol. The lowest BCUT2D eigenvalue weighted by Crippen LogP contribution is -2.12. The SMILES string of the molecule is C=C(CCN)C1CCNC1. The molecule has 0 saturated carbocycles. The smallest absolute Gasteiger partial charge is 0.00172 e. The van der Waals surface area contributed by atoms with Gasteiger partial charge in [-0.25, -0.2) is 0 Å². The molecule has 0 aromatic rings. The lowest BCUT2D eigenvalue weighted by molar-refractivity contribution is 0.650. The van der Waals surface area contributed by atoms with Crippen LogP contribution >= 0.6 is 0 Å². The van der Waals surface area contributed by atoms with Gasteiger partial charge < -0.3 is 11.1 Å². The number of rotatable bonds is 3. The van der Waals surface area contributed by atoms with Crippen LogP contribution in [0.2, 0.25) is 0 Å². The van der Waals surface area contributed by atoms with Crippen molar-refractivity contribution in [2.45, 2.75) is 12.8 Å². The number of nitrogens with two attached hydrogens (primary N) is 1. The first-order valence-corrected chi connectivity index (χ1v) is 3.93. The summed E-state index contributed by atoms with van der Waals surface area (Å²) >= 11 is 0. The molecule has 1 unspecified atom stereocenters. The van der Waals surface area contributed by atoms with Gasteiger partial charge in [0.2, 0.25) is 0 Å². The highest BCUT2D eigenvalue weighted by atomic mass is 14.9. The molecule has 0 spiro atoms. The second-order valence-corrected chi connectivity index (χ2v) is 2.89. The Hall–Kier alpha value is -0.340. The molecular formula is C8H16N2. The third kappa shape index (κ3) is 1.82. The average Bonchev–Trinajstić information content (AvgIpc) is 2.38. The molecule has 1 atom stereocenters. The molecule has 1 aliphatic rings. The quantitative estimate of drug-likeness (QED) is 0.560. The Morgan fingerprint density at radius 2 is 2.50 bits per heavy atom. The molecule has 10 heavy (non-hydrogen) atoms. The van der Waals surface area contributed by atoms with Gasteiger partial charge in [0.25, 0.3) is 0 Å². The third-order valence-corrected chi connectivity index (χ3v) is 2.10. The van der Waals surface area contributed by atoms with Crippen molar-refractivity contribution in [2.75, 3.05) is 19.6 Å². The molecule has 0 aromatic carbocycles. The molecule has 0 bridgehead atoms. The van der Waals surface area contributed by atoms with E-state index in [0.717, 1.165) is 26.1 Å². The summed E-state index contributed by atoms with van der Waals surface area (Å²) in [4.78, 5) is 0. The molecule has 1 saturated heterocycles. The number of nitrogens with one attached hydrogen (secondary N) is 1. The summed E-state index contributed by atoms with van der Waals surface area (Å²) in [7, 11) is 0. The summed E-state index contributed by atoms with van der Waals surface area (Å²) < 4.78 is 0. The van der Waals surface area contributed by atoms with Crippen LogP contribution in [-0.2, 0) is 0 Å². The van der Waals surface area contributed by atoms with Gasteiger partial charge in [0, 0.05) is 6.54 Å². The first kappa shape index (κ1) is 7.76. The standard InChI is InChI=1S/C8H16N2/c1-7(2-4-9)8-3-5-10-6-8/h8,10H,1-6,9H2. The maximum Gasteiger partial charge on any atom is 0.00172 e. The first-order valence-electron chi connectivity index (χ1n) is 3.93. The maximum atomic E-state index is 5.42. The lowest BCUT2D eigenvalue weighted by Gasteiger charge is -2.09. The van der Waals surface area contributed by atoms with Crippen molar-refractivity contribution in [3.8, 4) is 0 Å². The Bertz CT molecular complexity index is 114. The van der Waals surface area contributed by atoms with E-state index < -0.39 is 0 Å². The van der Waals surface area contributed by atoms with Crippen LogP contribution in [0.5, 0.6) is 0 Å². The van der Waals surface area contributed by atoms with Crippen LogP contribution in [0.1, 0.15) is 12.8 Å². The van der Waals surface area contributed by atoms with Crippen molar-refractivity contribution in [2.24, 2.45) is 11.7 Å². The molecule has 2 nitrogen and oxygen atoms in total. The largest absolute Gasteiger partial charge is 0.330 e. The molecule has 1 aliphatic heterocycles. The summed E-state index contributed by atoms with van der Waals surface area (Å²) in [5.41, 5.74) is 6.74. The van der Waals surface area contributed by atoms with Crippen LogP contribution < -0.4 is 11.1 Å². The second-order valence-electron chi connectivity index (χ2n) is 2.89. The van der Waals surface area contributed by atoms with Gasteiger partial charge in [-0.1, -0.05) is 12.2 Å². The van der Waals surface area contributed by atoms with E-state index in [1.807, 2.05) is 0 Å². The monoisotopic (exact) mass is 140 g/mol. The fourth-order valence-electron chi connectivity index (χ4n) is 1.39. The predicted octanol–water partition coefficient (Wildman–Crippen LogP) is 0.501. The molecule has 2 heteroatoms. The molecule has 3 N–H and O–H groups in total. The molecular weight excluding hydrogens is 124 g/mol. The van der Waals surface area contributed by atoms with Crippen molar-refractivity contribution >= 4 is 0 Å². The van der Waals surface area contributed by atoms with Crippen LogP contribution in [0.3, 0.4) is 0 Å². The van der Waals surface area contributed by atoms with Crippen LogP contribution in [0.15, 0.2) is 12.2 Å². The minimum absolute atomic E-state index is 0.698. The highest BCUT2D eigenvalue weighted by molar-refractivity contribution is 5.03. The molecule has 1 fully saturated rings. The minimum atomic E-state index is 0.698. The van der Waals surface area contributed by atoms with Crippen molar-refractivity contribution in [1.82, 2.24) is 5.32 Å². The van der Waals surface area contributed by atoms with E-state index in [4.69, 9.17) is 5.73 Å². The van der Waals surface area contributed by atoms with E-state index in [1.54, 1.807) is 0 Å². The first-order chi connectivity index (χ1) is 4.84. The van der Waals surface area contributed by atoms with Crippen LogP contribution in [0.4, 0.5) is 0 Å². The van der Waals surface area contributed by atoms with Crippen LogP contribution in [0.25, 0.3) is 0 Å². The van der Waals surface area contributed by atoms with E-state index in [2.05, 4.69) is 11.9 Å². The summed E-state index contributed by atoms with van der Waals surface area (Å²) in [6, 6.07) is 0. The Morgan fingerprint density at radius 3 is 3.00 bits per heavy atom. The highest BCUT2D eigenvalue weighted by Gasteiger charge is 2.16. The molecule has 0 amide bonds. The highest BCUT2D eigenvalue weighted by Crippen LogP contribution is 2.18. The van der Waals surface area contributed by atoms with Gasteiger partial charge in [0.05, 0.1) is 0 Å². The van der Waals surface area contributed by atoms with Crippen molar-refractivity contribution < 1.29 is 0 Å². The number of hydrogen-bond acceptors (Lipinski definition) is 2. The van der Waals surface area contributed by atoms with E-state index in [-0.39, 0.29) is 0 Å². The van der Waals surface area contributed by atoms with Crippen LogP contribution in [0, 0.1) is 5.92 Å². The van der Waals surface area contributed by atoms with E-state index in [0.29, 0.717) is 5.92 Å². The fraction of sp³-hybridized carbons (Fsp3) is 0.750. The van der Waals surface area contributed by atoms with E-state index in [9.17, 15) is 0 Å². The molecule has 0 aromatic heterocycles. The summed E-state index contributed by atoms with van der Waals surface area (Å²) in [6.45, 7) is 7.01. The summed E-state index contributed by atoms with van der Waals surface area (Å²) in [5.74, 6) is 0.698. The molecule has 1 rings (SSSR count). The summed E-state index contributed by atoms with van der Waals surface area (Å²) in [5, 5.41) is 3.31.